The monoisotopic (exact) mass is 300 g/mol. The molecule has 21 heavy (non-hydrogen) atoms. The molecule has 0 atom stereocenters. The van der Waals surface area contributed by atoms with E-state index in [4.69, 9.17) is 16.6 Å². The van der Waals surface area contributed by atoms with Crippen molar-refractivity contribution in [1.82, 2.24) is 20.4 Å². The van der Waals surface area contributed by atoms with E-state index < -0.39 is 0 Å². The zero-order valence-electron chi connectivity index (χ0n) is 11.4. The number of nitrogens with one attached hydrogen (secondary N) is 2. The molecule has 0 aliphatic carbocycles. The van der Waals surface area contributed by atoms with Crippen LogP contribution in [-0.2, 0) is 0 Å². The highest BCUT2D eigenvalue weighted by Gasteiger charge is 2.13. The number of aryl methyl sites for hydroxylation is 2. The lowest BCUT2D eigenvalue weighted by atomic mass is 10.0. The van der Waals surface area contributed by atoms with Crippen LogP contribution in [0.3, 0.4) is 0 Å². The number of benzene rings is 1. The predicted molar refractivity (Wildman–Crippen MR) is 80.4 cm³/mol. The Hall–Kier alpha value is -2.54. The summed E-state index contributed by atoms with van der Waals surface area (Å²) in [7, 11) is 0. The van der Waals surface area contributed by atoms with Gasteiger partial charge in [0.15, 0.2) is 0 Å². The van der Waals surface area contributed by atoms with E-state index in [0.717, 1.165) is 16.7 Å². The van der Waals surface area contributed by atoms with Gasteiger partial charge in [0.05, 0.1) is 5.69 Å². The van der Waals surface area contributed by atoms with Gasteiger partial charge in [0.25, 0.3) is 16.3 Å². The minimum atomic E-state index is -0.380. The zero-order chi connectivity index (χ0) is 15.0. The first-order valence-corrected chi connectivity index (χ1v) is 6.68. The minimum Gasteiger partial charge on any atom is -0.409 e. The fourth-order valence-electron chi connectivity index (χ4n) is 2.06. The fourth-order valence-corrected chi connectivity index (χ4v) is 2.18. The van der Waals surface area contributed by atoms with Gasteiger partial charge in [-0.1, -0.05) is 17.7 Å². The van der Waals surface area contributed by atoms with Crippen LogP contribution in [0.2, 0.25) is 0 Å². The number of nitrogens with zero attached hydrogens (tertiary/aromatic N) is 2. The fraction of sp³-hybridized carbons (Fsp3) is 0.143. The summed E-state index contributed by atoms with van der Waals surface area (Å²) in [5, 5.41) is 12.9. The maximum Gasteiger partial charge on any atom is 0.284 e. The van der Waals surface area contributed by atoms with Gasteiger partial charge in [0.1, 0.15) is 5.56 Å². The summed E-state index contributed by atoms with van der Waals surface area (Å²) in [5.74, 6) is 0.148. The highest BCUT2D eigenvalue weighted by molar-refractivity contribution is 7.71. The Morgan fingerprint density at radius 3 is 2.62 bits per heavy atom. The first-order valence-electron chi connectivity index (χ1n) is 6.28. The number of H-pyrrole nitrogens is 2. The van der Waals surface area contributed by atoms with Crippen molar-refractivity contribution in [2.24, 2.45) is 0 Å². The smallest absolute Gasteiger partial charge is 0.284 e. The van der Waals surface area contributed by atoms with E-state index in [1.165, 1.54) is 0 Å². The van der Waals surface area contributed by atoms with Gasteiger partial charge < -0.3 is 4.42 Å². The van der Waals surface area contributed by atoms with Gasteiger partial charge in [-0.2, -0.15) is 5.10 Å². The summed E-state index contributed by atoms with van der Waals surface area (Å²) in [4.78, 5) is 12.0. The van der Waals surface area contributed by atoms with E-state index in [2.05, 4.69) is 20.4 Å². The van der Waals surface area contributed by atoms with Gasteiger partial charge in [-0.15, -0.1) is 5.10 Å². The van der Waals surface area contributed by atoms with Gasteiger partial charge in [0.2, 0.25) is 0 Å². The van der Waals surface area contributed by atoms with Crippen LogP contribution in [0.4, 0.5) is 0 Å². The molecule has 0 aliphatic rings. The van der Waals surface area contributed by atoms with Crippen molar-refractivity contribution in [2.75, 3.05) is 0 Å². The number of rotatable bonds is 2. The Balaban J connectivity index is 2.20. The summed E-state index contributed by atoms with van der Waals surface area (Å²) in [5.41, 5.74) is 3.68. The Morgan fingerprint density at radius 2 is 1.90 bits per heavy atom. The quantitative estimate of drug-likeness (QED) is 0.710. The highest BCUT2D eigenvalue weighted by atomic mass is 32.1. The van der Waals surface area contributed by atoms with Crippen molar-refractivity contribution < 1.29 is 4.42 Å². The van der Waals surface area contributed by atoms with Crippen molar-refractivity contribution in [3.63, 3.8) is 0 Å². The lowest BCUT2D eigenvalue weighted by Gasteiger charge is -2.06. The predicted octanol–water partition coefficient (Wildman–Crippen LogP) is 2.77. The molecule has 0 aliphatic heterocycles. The number of aromatic nitrogens is 4. The molecule has 0 saturated carbocycles. The lowest BCUT2D eigenvalue weighted by Crippen LogP contribution is -2.11. The molecule has 0 spiro atoms. The highest BCUT2D eigenvalue weighted by Crippen LogP contribution is 2.24. The summed E-state index contributed by atoms with van der Waals surface area (Å²) < 4.78 is 5.20. The molecule has 0 fully saturated rings. The maximum absolute atomic E-state index is 11.9. The number of hydrogen-bond acceptors (Lipinski definition) is 5. The number of hydrogen-bond donors (Lipinski definition) is 2. The Morgan fingerprint density at radius 1 is 1.10 bits per heavy atom. The molecule has 0 unspecified atom stereocenters. The molecule has 0 bridgehead atoms. The van der Waals surface area contributed by atoms with Gasteiger partial charge >= 0.3 is 0 Å². The molecule has 0 radical (unpaired) electrons. The topological polar surface area (TPSA) is 87.6 Å². The summed E-state index contributed by atoms with van der Waals surface area (Å²) in [6.45, 7) is 3.99. The molecule has 2 heterocycles. The third kappa shape index (κ3) is 2.55. The summed E-state index contributed by atoms with van der Waals surface area (Å²) in [6, 6.07) is 7.70. The lowest BCUT2D eigenvalue weighted by molar-refractivity contribution is 0.551. The first kappa shape index (κ1) is 13.4. The maximum atomic E-state index is 11.9. The molecule has 6 nitrogen and oxygen atoms in total. The molecule has 7 heteroatoms. The van der Waals surface area contributed by atoms with Gasteiger partial charge in [-0.05, 0) is 43.8 Å². The first-order chi connectivity index (χ1) is 10.0. The van der Waals surface area contributed by atoms with Crippen molar-refractivity contribution in [2.45, 2.75) is 13.8 Å². The van der Waals surface area contributed by atoms with Crippen LogP contribution < -0.4 is 5.56 Å². The van der Waals surface area contributed by atoms with E-state index in [1.807, 2.05) is 32.0 Å². The Labute approximate surface area is 124 Å². The average molecular weight is 300 g/mol. The van der Waals surface area contributed by atoms with Crippen LogP contribution in [-0.4, -0.2) is 20.4 Å². The third-order valence-electron chi connectivity index (χ3n) is 3.14. The van der Waals surface area contributed by atoms with E-state index in [-0.39, 0.29) is 21.9 Å². The SMILES string of the molecule is Cc1ccc(C)c(-c2cc(-c3n[nH]c(=S)o3)c(=O)[nH]n2)c1. The molecule has 0 saturated heterocycles. The molecule has 3 aromatic rings. The van der Waals surface area contributed by atoms with Crippen LogP contribution in [0.5, 0.6) is 0 Å². The van der Waals surface area contributed by atoms with Crippen LogP contribution in [0.1, 0.15) is 11.1 Å². The summed E-state index contributed by atoms with van der Waals surface area (Å²) in [6.07, 6.45) is 0. The van der Waals surface area contributed by atoms with E-state index in [1.54, 1.807) is 6.07 Å². The van der Waals surface area contributed by atoms with Gasteiger partial charge in [-0.25, -0.2) is 10.2 Å². The van der Waals surface area contributed by atoms with Crippen molar-refractivity contribution in [1.29, 1.82) is 0 Å². The van der Waals surface area contributed by atoms with Crippen LogP contribution >= 0.6 is 12.2 Å². The van der Waals surface area contributed by atoms with Crippen LogP contribution in [0, 0.1) is 18.7 Å². The third-order valence-corrected chi connectivity index (χ3v) is 3.32. The summed E-state index contributed by atoms with van der Waals surface area (Å²) >= 11 is 4.83. The largest absolute Gasteiger partial charge is 0.409 e. The normalized spacial score (nSPS) is 10.8. The van der Waals surface area contributed by atoms with E-state index in [9.17, 15) is 4.79 Å². The minimum absolute atomic E-state index is 0.120. The van der Waals surface area contributed by atoms with E-state index >= 15 is 0 Å². The standard InChI is InChI=1S/C14H12N4O2S/c1-7-3-4-8(2)9(5-7)11-6-10(12(19)16-15-11)13-17-18-14(21)20-13/h3-6H,1-2H3,(H,16,19)(H,18,21). The molecule has 2 N–H and O–H groups in total. The molecule has 1 aromatic carbocycles. The van der Waals surface area contributed by atoms with Crippen molar-refractivity contribution >= 4 is 12.2 Å². The molecule has 106 valence electrons. The van der Waals surface area contributed by atoms with Crippen LogP contribution in [0.15, 0.2) is 33.5 Å². The van der Waals surface area contributed by atoms with Gasteiger partial charge in [-0.3, -0.25) is 4.79 Å². The second-order valence-electron chi connectivity index (χ2n) is 4.73. The average Bonchev–Trinajstić information content (AvgIpc) is 2.89. The second-order valence-corrected chi connectivity index (χ2v) is 5.10. The molecule has 0 amide bonds. The molecular weight excluding hydrogens is 288 g/mol. The molecule has 3 rings (SSSR count). The molecular formula is C14H12N4O2S. The zero-order valence-corrected chi connectivity index (χ0v) is 12.2. The van der Waals surface area contributed by atoms with E-state index in [0.29, 0.717) is 5.69 Å². The Bertz CT molecular complexity index is 923. The Kier molecular flexibility index (Phi) is 3.26. The van der Waals surface area contributed by atoms with Gasteiger partial charge in [0, 0.05) is 5.56 Å². The van der Waals surface area contributed by atoms with Crippen molar-refractivity contribution in [3.05, 3.63) is 50.6 Å². The van der Waals surface area contributed by atoms with Crippen molar-refractivity contribution in [3.8, 4) is 22.7 Å². The number of aromatic amines is 2. The second kappa shape index (κ2) is 5.10. The molecule has 2 aromatic heterocycles. The van der Waals surface area contributed by atoms with Crippen LogP contribution in [0.25, 0.3) is 22.7 Å².